The molecule has 0 aliphatic carbocycles. The number of rotatable bonds is 7. The summed E-state index contributed by atoms with van der Waals surface area (Å²) in [4.78, 5) is 6.63. The molecular weight excluding hydrogens is 262 g/mol. The van der Waals surface area contributed by atoms with Crippen LogP contribution in [0.2, 0.25) is 0 Å². The molecule has 1 heterocycles. The number of hydrogen-bond acceptors (Lipinski definition) is 4. The second kappa shape index (κ2) is 7.76. The fraction of sp³-hybridized carbons (Fsp3) is 0.353. The van der Waals surface area contributed by atoms with E-state index in [9.17, 15) is 0 Å². The van der Waals surface area contributed by atoms with Crippen LogP contribution >= 0.6 is 0 Å². The van der Waals surface area contributed by atoms with Gasteiger partial charge in [0.2, 0.25) is 0 Å². The lowest BCUT2D eigenvalue weighted by atomic mass is 10.1. The summed E-state index contributed by atoms with van der Waals surface area (Å²) in [5, 5.41) is 3.37. The highest BCUT2D eigenvalue weighted by molar-refractivity contribution is 5.36. The Morgan fingerprint density at radius 2 is 1.95 bits per heavy atom. The molecule has 0 aliphatic rings. The van der Waals surface area contributed by atoms with Gasteiger partial charge in [0.25, 0.3) is 0 Å². The second-order valence-corrected chi connectivity index (χ2v) is 5.10. The molecule has 0 aliphatic heterocycles. The number of nitrogens with zero attached hydrogens (tertiary/aromatic N) is 2. The molecule has 0 fully saturated rings. The second-order valence-electron chi connectivity index (χ2n) is 5.10. The molecule has 2 aromatic rings. The first-order valence-electron chi connectivity index (χ1n) is 7.13. The lowest BCUT2D eigenvalue weighted by Gasteiger charge is -2.25. The Morgan fingerprint density at radius 3 is 2.62 bits per heavy atom. The summed E-state index contributed by atoms with van der Waals surface area (Å²) in [7, 11) is 5.79. The maximum atomic E-state index is 5.46. The fourth-order valence-corrected chi connectivity index (χ4v) is 2.44. The molecule has 2 rings (SSSR count). The summed E-state index contributed by atoms with van der Waals surface area (Å²) in [6.45, 7) is 1.71. The van der Waals surface area contributed by atoms with Crippen molar-refractivity contribution in [1.29, 1.82) is 0 Å². The van der Waals surface area contributed by atoms with Crippen molar-refractivity contribution in [1.82, 2.24) is 15.2 Å². The third-order valence-electron chi connectivity index (χ3n) is 3.52. The molecule has 0 spiro atoms. The van der Waals surface area contributed by atoms with Gasteiger partial charge < -0.3 is 10.1 Å². The first kappa shape index (κ1) is 15.5. The predicted molar refractivity (Wildman–Crippen MR) is 85.4 cm³/mol. The molecule has 1 N–H and O–H groups in total. The van der Waals surface area contributed by atoms with E-state index in [2.05, 4.69) is 28.3 Å². The topological polar surface area (TPSA) is 37.4 Å². The van der Waals surface area contributed by atoms with E-state index in [4.69, 9.17) is 4.74 Å². The monoisotopic (exact) mass is 285 g/mol. The average Bonchev–Trinajstić information content (AvgIpc) is 2.53. The minimum Gasteiger partial charge on any atom is -0.496 e. The van der Waals surface area contributed by atoms with Crippen LogP contribution < -0.4 is 10.1 Å². The van der Waals surface area contributed by atoms with Gasteiger partial charge in [-0.3, -0.25) is 9.88 Å². The largest absolute Gasteiger partial charge is 0.496 e. The number of aromatic nitrogens is 1. The standard InChI is InChI=1S/C17H23N3O/c1-18-16(15-9-4-5-10-17(15)21-3)13-20(2)12-14-8-6-7-11-19-14/h4-11,16,18H,12-13H2,1-3H3. The molecule has 4 heteroatoms. The average molecular weight is 285 g/mol. The van der Waals surface area contributed by atoms with Crippen LogP contribution in [0.1, 0.15) is 17.3 Å². The van der Waals surface area contributed by atoms with Crippen molar-refractivity contribution in [3.05, 3.63) is 59.9 Å². The lowest BCUT2D eigenvalue weighted by molar-refractivity contribution is 0.282. The molecule has 1 aromatic heterocycles. The molecule has 0 amide bonds. The summed E-state index contributed by atoms with van der Waals surface area (Å²) in [5.41, 5.74) is 2.25. The molecule has 0 saturated heterocycles. The van der Waals surface area contributed by atoms with Crippen molar-refractivity contribution < 1.29 is 4.74 Å². The summed E-state index contributed by atoms with van der Waals surface area (Å²) in [5.74, 6) is 0.920. The lowest BCUT2D eigenvalue weighted by Crippen LogP contribution is -2.31. The zero-order valence-electron chi connectivity index (χ0n) is 12.9. The summed E-state index contributed by atoms with van der Waals surface area (Å²) >= 11 is 0. The molecule has 1 aromatic carbocycles. The van der Waals surface area contributed by atoms with Gasteiger partial charge in [-0.05, 0) is 32.3 Å². The Bertz CT molecular complexity index is 545. The van der Waals surface area contributed by atoms with Crippen LogP contribution in [-0.4, -0.2) is 37.6 Å². The number of methoxy groups -OCH3 is 1. The van der Waals surface area contributed by atoms with Crippen LogP contribution in [0.3, 0.4) is 0 Å². The van der Waals surface area contributed by atoms with E-state index in [1.54, 1.807) is 7.11 Å². The molecule has 1 atom stereocenters. The molecule has 1 unspecified atom stereocenters. The van der Waals surface area contributed by atoms with E-state index in [1.165, 1.54) is 5.56 Å². The van der Waals surface area contributed by atoms with Crippen molar-refractivity contribution >= 4 is 0 Å². The van der Waals surface area contributed by atoms with Gasteiger partial charge in [-0.15, -0.1) is 0 Å². The van der Waals surface area contributed by atoms with Crippen molar-refractivity contribution in [2.24, 2.45) is 0 Å². The van der Waals surface area contributed by atoms with E-state index in [0.29, 0.717) is 0 Å². The Hall–Kier alpha value is -1.91. The van der Waals surface area contributed by atoms with E-state index in [0.717, 1.165) is 24.5 Å². The summed E-state index contributed by atoms with van der Waals surface area (Å²) in [6.07, 6.45) is 1.83. The molecular formula is C17H23N3O. The Morgan fingerprint density at radius 1 is 1.19 bits per heavy atom. The van der Waals surface area contributed by atoms with Gasteiger partial charge in [0.1, 0.15) is 5.75 Å². The maximum absolute atomic E-state index is 5.46. The van der Waals surface area contributed by atoms with Crippen molar-refractivity contribution in [3.8, 4) is 5.75 Å². The third-order valence-corrected chi connectivity index (χ3v) is 3.52. The van der Waals surface area contributed by atoms with E-state index >= 15 is 0 Å². The van der Waals surface area contributed by atoms with Gasteiger partial charge in [-0.25, -0.2) is 0 Å². The van der Waals surface area contributed by atoms with Gasteiger partial charge in [-0.2, -0.15) is 0 Å². The number of pyridine rings is 1. The number of para-hydroxylation sites is 1. The van der Waals surface area contributed by atoms with E-state index in [-0.39, 0.29) is 6.04 Å². The SMILES string of the molecule is CNC(CN(C)Cc1ccccn1)c1ccccc1OC. The minimum atomic E-state index is 0.217. The minimum absolute atomic E-state index is 0.217. The first-order chi connectivity index (χ1) is 10.2. The highest BCUT2D eigenvalue weighted by Gasteiger charge is 2.16. The number of likely N-dealkylation sites (N-methyl/N-ethyl adjacent to an activating group) is 2. The van der Waals surface area contributed by atoms with Crippen LogP contribution in [0.5, 0.6) is 5.75 Å². The quantitative estimate of drug-likeness (QED) is 0.848. The number of hydrogen-bond donors (Lipinski definition) is 1. The number of benzene rings is 1. The smallest absolute Gasteiger partial charge is 0.123 e. The predicted octanol–water partition coefficient (Wildman–Crippen LogP) is 2.48. The Kier molecular flexibility index (Phi) is 5.72. The normalized spacial score (nSPS) is 12.4. The van der Waals surface area contributed by atoms with E-state index < -0.39 is 0 Å². The van der Waals surface area contributed by atoms with Gasteiger partial charge in [-0.1, -0.05) is 24.3 Å². The van der Waals surface area contributed by atoms with Crippen LogP contribution in [0.4, 0.5) is 0 Å². The van der Waals surface area contributed by atoms with Crippen molar-refractivity contribution in [2.75, 3.05) is 27.7 Å². The number of ether oxygens (including phenoxy) is 1. The Labute approximate surface area is 126 Å². The van der Waals surface area contributed by atoms with Gasteiger partial charge in [0, 0.05) is 30.9 Å². The third kappa shape index (κ3) is 4.28. The van der Waals surface area contributed by atoms with Crippen LogP contribution in [0.25, 0.3) is 0 Å². The first-order valence-corrected chi connectivity index (χ1v) is 7.13. The van der Waals surface area contributed by atoms with Crippen LogP contribution in [-0.2, 0) is 6.54 Å². The highest BCUT2D eigenvalue weighted by atomic mass is 16.5. The van der Waals surface area contributed by atoms with Crippen LogP contribution in [0, 0.1) is 0 Å². The van der Waals surface area contributed by atoms with Crippen LogP contribution in [0.15, 0.2) is 48.7 Å². The number of nitrogens with one attached hydrogen (secondary N) is 1. The Balaban J connectivity index is 2.05. The summed E-state index contributed by atoms with van der Waals surface area (Å²) in [6, 6.07) is 14.4. The molecule has 4 nitrogen and oxygen atoms in total. The molecule has 112 valence electrons. The molecule has 0 radical (unpaired) electrons. The summed E-state index contributed by atoms with van der Waals surface area (Å²) < 4.78 is 5.46. The zero-order valence-corrected chi connectivity index (χ0v) is 12.9. The molecule has 0 saturated carbocycles. The van der Waals surface area contributed by atoms with Crippen molar-refractivity contribution in [2.45, 2.75) is 12.6 Å². The molecule has 21 heavy (non-hydrogen) atoms. The fourth-order valence-electron chi connectivity index (χ4n) is 2.44. The zero-order chi connectivity index (χ0) is 15.1. The van der Waals surface area contributed by atoms with E-state index in [1.807, 2.05) is 49.6 Å². The van der Waals surface area contributed by atoms with Gasteiger partial charge in [0.05, 0.1) is 12.8 Å². The highest BCUT2D eigenvalue weighted by Crippen LogP contribution is 2.25. The van der Waals surface area contributed by atoms with Gasteiger partial charge in [0.15, 0.2) is 0 Å². The maximum Gasteiger partial charge on any atom is 0.123 e. The van der Waals surface area contributed by atoms with Gasteiger partial charge >= 0.3 is 0 Å². The molecule has 0 bridgehead atoms. The van der Waals surface area contributed by atoms with Crippen molar-refractivity contribution in [3.63, 3.8) is 0 Å².